The van der Waals surface area contributed by atoms with Crippen molar-refractivity contribution in [1.29, 1.82) is 0 Å². The number of aryl methyl sites for hydroxylation is 1. The number of nitrogens with one attached hydrogen (secondary N) is 1. The van der Waals surface area contributed by atoms with Gasteiger partial charge in [-0.1, -0.05) is 0 Å². The van der Waals surface area contributed by atoms with E-state index in [-0.39, 0.29) is 12.5 Å². The number of aromatic nitrogens is 4. The average molecular weight is 316 g/mol. The van der Waals surface area contributed by atoms with E-state index in [9.17, 15) is 9.90 Å². The Hall–Kier alpha value is -2.48. The van der Waals surface area contributed by atoms with Gasteiger partial charge >= 0.3 is 0 Å². The summed E-state index contributed by atoms with van der Waals surface area (Å²) in [6.45, 7) is 1.35. The van der Waals surface area contributed by atoms with E-state index in [1.165, 1.54) is 0 Å². The van der Waals surface area contributed by atoms with Gasteiger partial charge in [-0.05, 0) is 18.9 Å². The van der Waals surface area contributed by atoms with Crippen LogP contribution in [-0.4, -0.2) is 55.8 Å². The lowest BCUT2D eigenvalue weighted by Crippen LogP contribution is -2.54. The number of β-amino-alcohol motifs (C(OH)–C–C–N with tert-alkyl or cyclic N) is 1. The number of anilines is 1. The Morgan fingerprint density at radius 3 is 2.87 bits per heavy atom. The molecule has 1 aliphatic rings. The summed E-state index contributed by atoms with van der Waals surface area (Å²) in [5.74, 6) is 0.314. The summed E-state index contributed by atoms with van der Waals surface area (Å²) in [5.41, 5.74) is -0.655. The summed E-state index contributed by atoms with van der Waals surface area (Å²) in [7, 11) is 1.80. The van der Waals surface area contributed by atoms with Crippen LogP contribution >= 0.6 is 0 Å². The second-order valence-electron chi connectivity index (χ2n) is 5.91. The minimum Gasteiger partial charge on any atom is -0.386 e. The van der Waals surface area contributed by atoms with Gasteiger partial charge < -0.3 is 19.9 Å². The summed E-state index contributed by atoms with van der Waals surface area (Å²) in [6.07, 6.45) is 8.01. The van der Waals surface area contributed by atoms with Crippen LogP contribution in [0.2, 0.25) is 0 Å². The molecule has 0 radical (unpaired) electrons. The van der Waals surface area contributed by atoms with Crippen molar-refractivity contribution < 1.29 is 9.90 Å². The Labute approximate surface area is 134 Å². The fourth-order valence-corrected chi connectivity index (χ4v) is 2.75. The van der Waals surface area contributed by atoms with Gasteiger partial charge in [0.15, 0.2) is 0 Å². The summed E-state index contributed by atoms with van der Waals surface area (Å²) in [5, 5.41) is 13.5. The molecule has 0 aliphatic carbocycles. The van der Waals surface area contributed by atoms with E-state index >= 15 is 0 Å². The number of amides is 1. The molecule has 1 saturated heterocycles. The third kappa shape index (κ3) is 3.65. The number of carbonyl (C=O) groups is 1. The molecule has 2 N–H and O–H groups in total. The van der Waals surface area contributed by atoms with Gasteiger partial charge in [0.05, 0.1) is 18.5 Å². The molecule has 0 unspecified atom stereocenters. The number of carbonyl (C=O) groups excluding carboxylic acids is 1. The zero-order valence-electron chi connectivity index (χ0n) is 13.0. The molecule has 1 aliphatic heterocycles. The molecule has 3 heterocycles. The average Bonchev–Trinajstić information content (AvgIpc) is 3.00. The fraction of sp³-hybridized carbons (Fsp3) is 0.467. The van der Waals surface area contributed by atoms with Crippen LogP contribution in [0.4, 0.5) is 5.95 Å². The Bertz CT molecular complexity index is 674. The molecule has 1 amide bonds. The number of hydrogen-bond acceptors (Lipinski definition) is 6. The molecule has 1 atom stereocenters. The molecular weight excluding hydrogens is 296 g/mol. The van der Waals surface area contributed by atoms with Gasteiger partial charge in [0, 0.05) is 38.7 Å². The topological polar surface area (TPSA) is 96.2 Å². The Balaban J connectivity index is 1.61. The lowest BCUT2D eigenvalue weighted by molar-refractivity contribution is 0.0252. The van der Waals surface area contributed by atoms with Crippen LogP contribution in [0, 0.1) is 0 Å². The highest BCUT2D eigenvalue weighted by Crippen LogP contribution is 2.23. The Morgan fingerprint density at radius 1 is 1.39 bits per heavy atom. The maximum absolute atomic E-state index is 12.1. The maximum atomic E-state index is 12.1. The molecule has 1 fully saturated rings. The fourth-order valence-electron chi connectivity index (χ4n) is 2.75. The van der Waals surface area contributed by atoms with Gasteiger partial charge in [-0.25, -0.2) is 15.0 Å². The predicted octanol–water partition coefficient (Wildman–Crippen LogP) is -0.0286. The van der Waals surface area contributed by atoms with Crippen molar-refractivity contribution in [1.82, 2.24) is 24.8 Å². The third-order valence-corrected chi connectivity index (χ3v) is 3.91. The monoisotopic (exact) mass is 316 g/mol. The van der Waals surface area contributed by atoms with Gasteiger partial charge in [-0.2, -0.15) is 0 Å². The van der Waals surface area contributed by atoms with Gasteiger partial charge in [-0.15, -0.1) is 0 Å². The second-order valence-corrected chi connectivity index (χ2v) is 5.91. The molecule has 3 rings (SSSR count). The summed E-state index contributed by atoms with van der Waals surface area (Å²) >= 11 is 0. The molecule has 2 aromatic rings. The van der Waals surface area contributed by atoms with Crippen molar-refractivity contribution in [3.05, 3.63) is 36.7 Å². The van der Waals surface area contributed by atoms with E-state index in [1.807, 2.05) is 4.90 Å². The zero-order chi connectivity index (χ0) is 16.3. The summed E-state index contributed by atoms with van der Waals surface area (Å²) in [6, 6.07) is 1.76. The van der Waals surface area contributed by atoms with Crippen LogP contribution in [0.5, 0.6) is 0 Å². The number of nitrogens with zero attached hydrogens (tertiary/aromatic N) is 5. The van der Waals surface area contributed by atoms with Crippen LogP contribution < -0.4 is 10.2 Å². The van der Waals surface area contributed by atoms with Crippen LogP contribution in [0.3, 0.4) is 0 Å². The number of rotatable bonds is 4. The van der Waals surface area contributed by atoms with Gasteiger partial charge in [0.25, 0.3) is 5.91 Å². The Morgan fingerprint density at radius 2 is 2.17 bits per heavy atom. The van der Waals surface area contributed by atoms with Crippen molar-refractivity contribution in [2.24, 2.45) is 7.05 Å². The molecule has 8 nitrogen and oxygen atoms in total. The smallest absolute Gasteiger partial charge is 0.271 e. The van der Waals surface area contributed by atoms with Crippen molar-refractivity contribution >= 4 is 11.9 Å². The van der Waals surface area contributed by atoms with Crippen LogP contribution in [0.25, 0.3) is 0 Å². The number of hydrogen-bond donors (Lipinski definition) is 2. The highest BCUT2D eigenvalue weighted by molar-refractivity contribution is 5.92. The van der Waals surface area contributed by atoms with E-state index in [2.05, 4.69) is 20.3 Å². The quantitative estimate of drug-likeness (QED) is 0.822. The first-order valence-corrected chi connectivity index (χ1v) is 7.56. The Kier molecular flexibility index (Phi) is 4.24. The molecule has 0 saturated carbocycles. The summed E-state index contributed by atoms with van der Waals surface area (Å²) < 4.78 is 1.71. The van der Waals surface area contributed by atoms with Crippen molar-refractivity contribution in [2.75, 3.05) is 24.5 Å². The number of piperidine rings is 1. The first kappa shape index (κ1) is 15.4. The number of aliphatic hydroxyl groups is 1. The van der Waals surface area contributed by atoms with E-state index in [1.54, 1.807) is 42.6 Å². The van der Waals surface area contributed by atoms with Gasteiger partial charge in [-0.3, -0.25) is 4.79 Å². The van der Waals surface area contributed by atoms with Crippen molar-refractivity contribution in [3.8, 4) is 0 Å². The first-order valence-electron chi connectivity index (χ1n) is 7.56. The van der Waals surface area contributed by atoms with E-state index in [0.717, 1.165) is 13.0 Å². The third-order valence-electron chi connectivity index (χ3n) is 3.91. The second kappa shape index (κ2) is 6.33. The largest absolute Gasteiger partial charge is 0.386 e. The number of imidazole rings is 1. The van der Waals surface area contributed by atoms with E-state index in [0.29, 0.717) is 24.6 Å². The van der Waals surface area contributed by atoms with Gasteiger partial charge in [0.1, 0.15) is 5.69 Å². The molecule has 0 bridgehead atoms. The molecule has 2 aromatic heterocycles. The highest BCUT2D eigenvalue weighted by Gasteiger charge is 2.34. The minimum absolute atomic E-state index is 0.172. The van der Waals surface area contributed by atoms with E-state index < -0.39 is 5.60 Å². The highest BCUT2D eigenvalue weighted by atomic mass is 16.3. The van der Waals surface area contributed by atoms with Crippen LogP contribution in [-0.2, 0) is 7.05 Å². The maximum Gasteiger partial charge on any atom is 0.271 e. The van der Waals surface area contributed by atoms with Crippen LogP contribution in [0.15, 0.2) is 31.0 Å². The summed E-state index contributed by atoms with van der Waals surface area (Å²) in [4.78, 5) is 26.4. The van der Waals surface area contributed by atoms with Crippen molar-refractivity contribution in [3.63, 3.8) is 0 Å². The molecule has 8 heteroatoms. The predicted molar refractivity (Wildman–Crippen MR) is 84.0 cm³/mol. The van der Waals surface area contributed by atoms with Crippen molar-refractivity contribution in [2.45, 2.75) is 18.4 Å². The molecular formula is C15H20N6O2. The normalized spacial score (nSPS) is 21.2. The van der Waals surface area contributed by atoms with Gasteiger partial charge in [0.2, 0.25) is 5.95 Å². The molecule has 122 valence electrons. The SMILES string of the molecule is Cn1cnc(C(=O)NC[C@@]2(O)CCCN(c3ncccn3)C2)c1. The molecule has 0 aromatic carbocycles. The molecule has 0 spiro atoms. The molecule has 23 heavy (non-hydrogen) atoms. The van der Waals surface area contributed by atoms with Crippen LogP contribution in [0.1, 0.15) is 23.3 Å². The van der Waals surface area contributed by atoms with E-state index in [4.69, 9.17) is 0 Å². The standard InChI is InChI=1S/C15H20N6O2/c1-20-8-12(19-11-20)13(22)18-9-15(23)4-2-7-21(10-15)14-16-5-3-6-17-14/h3,5-6,8,11,23H,2,4,7,9-10H2,1H3,(H,18,22)/t15-/m0/s1. The lowest BCUT2D eigenvalue weighted by atomic mass is 9.93. The minimum atomic E-state index is -0.998. The first-order chi connectivity index (χ1) is 11.1. The zero-order valence-corrected chi connectivity index (χ0v) is 13.0. The lowest BCUT2D eigenvalue weighted by Gasteiger charge is -2.39.